The summed E-state index contributed by atoms with van der Waals surface area (Å²) in [5, 5.41) is 0.676. The van der Waals surface area contributed by atoms with Crippen LogP contribution in [0.2, 0.25) is 0 Å². The summed E-state index contributed by atoms with van der Waals surface area (Å²) in [6.45, 7) is 3.42. The third-order valence-corrected chi connectivity index (χ3v) is 2.62. The van der Waals surface area contributed by atoms with Gasteiger partial charge in [-0.3, -0.25) is 9.78 Å². The second-order valence-corrected chi connectivity index (χ2v) is 3.84. The number of Topliss-reactive ketones (excluding diaryl/α,β-unsaturated/α-hetero) is 1. The average Bonchev–Trinajstić information content (AvgIpc) is 2.37. The van der Waals surface area contributed by atoms with Gasteiger partial charge in [0.05, 0.1) is 17.7 Å². The molecule has 1 aromatic carbocycles. The molecule has 0 spiro atoms. The van der Waals surface area contributed by atoms with E-state index >= 15 is 0 Å². The van der Waals surface area contributed by atoms with Crippen LogP contribution in [0.4, 0.5) is 0 Å². The zero-order valence-corrected chi connectivity index (χ0v) is 10.3. The van der Waals surface area contributed by atoms with Crippen LogP contribution in [0.25, 0.3) is 10.9 Å². The molecule has 4 nitrogen and oxygen atoms in total. The first-order chi connectivity index (χ1) is 8.65. The lowest BCUT2D eigenvalue weighted by Gasteiger charge is -2.09. The number of ketones is 1. The number of carbonyl (C=O) groups excluding carboxylic acids is 2. The number of rotatable bonds is 3. The van der Waals surface area contributed by atoms with Crippen LogP contribution in [0.15, 0.2) is 30.5 Å². The largest absolute Gasteiger partial charge is 0.462 e. The highest BCUT2D eigenvalue weighted by Crippen LogP contribution is 2.21. The summed E-state index contributed by atoms with van der Waals surface area (Å²) in [6, 6.07) is 7.23. The Morgan fingerprint density at radius 2 is 2.00 bits per heavy atom. The molecule has 0 saturated carbocycles. The van der Waals surface area contributed by atoms with Crippen molar-refractivity contribution in [3.05, 3.63) is 41.6 Å². The first-order valence-electron chi connectivity index (χ1n) is 5.71. The number of hydrogen-bond donors (Lipinski definition) is 0. The second kappa shape index (κ2) is 4.96. The van der Waals surface area contributed by atoms with Crippen LogP contribution < -0.4 is 0 Å². The number of para-hydroxylation sites is 1. The number of esters is 1. The maximum Gasteiger partial charge on any atom is 0.340 e. The highest BCUT2D eigenvalue weighted by molar-refractivity contribution is 6.13. The quantitative estimate of drug-likeness (QED) is 0.614. The molecule has 0 aliphatic heterocycles. The van der Waals surface area contributed by atoms with Gasteiger partial charge >= 0.3 is 5.97 Å². The van der Waals surface area contributed by atoms with E-state index in [0.717, 1.165) is 0 Å². The molecule has 0 N–H and O–H groups in total. The smallest absolute Gasteiger partial charge is 0.340 e. The van der Waals surface area contributed by atoms with Gasteiger partial charge in [0.1, 0.15) is 0 Å². The van der Waals surface area contributed by atoms with Crippen molar-refractivity contribution in [3.63, 3.8) is 0 Å². The van der Waals surface area contributed by atoms with E-state index in [4.69, 9.17) is 4.74 Å². The lowest BCUT2D eigenvalue weighted by molar-refractivity contribution is 0.0523. The molecule has 0 bridgehead atoms. The molecule has 0 radical (unpaired) electrons. The van der Waals surface area contributed by atoms with E-state index in [9.17, 15) is 9.59 Å². The summed E-state index contributed by atoms with van der Waals surface area (Å²) in [4.78, 5) is 27.7. The van der Waals surface area contributed by atoms with E-state index in [2.05, 4.69) is 4.98 Å². The van der Waals surface area contributed by atoms with Crippen molar-refractivity contribution in [2.45, 2.75) is 13.8 Å². The zero-order valence-electron chi connectivity index (χ0n) is 10.3. The Balaban J connectivity index is 2.70. The van der Waals surface area contributed by atoms with E-state index in [1.807, 2.05) is 12.1 Å². The number of carbonyl (C=O) groups is 2. The molecule has 92 valence electrons. The maximum absolute atomic E-state index is 11.8. The topological polar surface area (TPSA) is 56.3 Å². The van der Waals surface area contributed by atoms with Gasteiger partial charge in [0, 0.05) is 17.1 Å². The molecule has 0 saturated heterocycles. The van der Waals surface area contributed by atoms with Gasteiger partial charge in [-0.2, -0.15) is 0 Å². The normalized spacial score (nSPS) is 10.3. The van der Waals surface area contributed by atoms with Gasteiger partial charge in [-0.15, -0.1) is 0 Å². The Kier molecular flexibility index (Phi) is 3.37. The maximum atomic E-state index is 11.8. The van der Waals surface area contributed by atoms with Crippen LogP contribution in [0, 0.1) is 0 Å². The van der Waals surface area contributed by atoms with Crippen LogP contribution in [-0.2, 0) is 4.74 Å². The molecule has 1 aromatic heterocycles. The van der Waals surface area contributed by atoms with Crippen molar-refractivity contribution in [3.8, 4) is 0 Å². The number of hydrogen-bond acceptors (Lipinski definition) is 4. The van der Waals surface area contributed by atoms with Gasteiger partial charge in [0.15, 0.2) is 5.78 Å². The Labute approximate surface area is 105 Å². The van der Waals surface area contributed by atoms with Crippen molar-refractivity contribution < 1.29 is 14.3 Å². The molecule has 0 unspecified atom stereocenters. The lowest BCUT2D eigenvalue weighted by atomic mass is 10.0. The Morgan fingerprint density at radius 3 is 2.67 bits per heavy atom. The number of pyridine rings is 1. The minimum absolute atomic E-state index is 0.170. The molecule has 2 rings (SSSR count). The third-order valence-electron chi connectivity index (χ3n) is 2.62. The number of nitrogens with zero attached hydrogens (tertiary/aromatic N) is 1. The average molecular weight is 243 g/mol. The van der Waals surface area contributed by atoms with Gasteiger partial charge in [0.25, 0.3) is 0 Å². The second-order valence-electron chi connectivity index (χ2n) is 3.84. The molecule has 2 aromatic rings. The van der Waals surface area contributed by atoms with E-state index in [1.54, 1.807) is 19.1 Å². The fourth-order valence-electron chi connectivity index (χ4n) is 1.88. The highest BCUT2D eigenvalue weighted by atomic mass is 16.5. The predicted molar refractivity (Wildman–Crippen MR) is 67.7 cm³/mol. The van der Waals surface area contributed by atoms with Gasteiger partial charge < -0.3 is 4.74 Å². The standard InChI is InChI=1S/C14H13NO3/c1-3-18-14(17)11-8-15-12-7-5-4-6-10(12)13(11)9(2)16/h4-8H,3H2,1-2H3. The predicted octanol–water partition coefficient (Wildman–Crippen LogP) is 2.61. The van der Waals surface area contributed by atoms with Gasteiger partial charge in [-0.05, 0) is 19.9 Å². The molecule has 18 heavy (non-hydrogen) atoms. The Morgan fingerprint density at radius 1 is 1.28 bits per heavy atom. The van der Waals surface area contributed by atoms with Gasteiger partial charge in [-0.25, -0.2) is 4.79 Å². The summed E-state index contributed by atoms with van der Waals surface area (Å²) in [7, 11) is 0. The van der Waals surface area contributed by atoms with Crippen LogP contribution in [-0.4, -0.2) is 23.3 Å². The summed E-state index contributed by atoms with van der Waals surface area (Å²) in [5.41, 5.74) is 1.29. The van der Waals surface area contributed by atoms with E-state index in [-0.39, 0.29) is 18.0 Å². The fraction of sp³-hybridized carbons (Fsp3) is 0.214. The van der Waals surface area contributed by atoms with Gasteiger partial charge in [0.2, 0.25) is 0 Å². The number of ether oxygens (including phenoxy) is 1. The first-order valence-corrected chi connectivity index (χ1v) is 5.71. The summed E-state index contributed by atoms with van der Waals surface area (Å²) < 4.78 is 4.94. The molecule has 0 fully saturated rings. The molecule has 0 atom stereocenters. The van der Waals surface area contributed by atoms with Crippen molar-refractivity contribution in [2.24, 2.45) is 0 Å². The van der Waals surface area contributed by atoms with Crippen molar-refractivity contribution in [2.75, 3.05) is 6.61 Å². The zero-order chi connectivity index (χ0) is 13.1. The third kappa shape index (κ3) is 2.09. The number of aromatic nitrogens is 1. The van der Waals surface area contributed by atoms with E-state index in [0.29, 0.717) is 16.5 Å². The van der Waals surface area contributed by atoms with Crippen LogP contribution in [0.1, 0.15) is 34.6 Å². The summed E-state index contributed by atoms with van der Waals surface area (Å²) in [6.07, 6.45) is 1.40. The highest BCUT2D eigenvalue weighted by Gasteiger charge is 2.19. The molecule has 0 amide bonds. The fourth-order valence-corrected chi connectivity index (χ4v) is 1.88. The summed E-state index contributed by atoms with van der Waals surface area (Å²) in [5.74, 6) is -0.683. The first kappa shape index (κ1) is 12.2. The minimum Gasteiger partial charge on any atom is -0.462 e. The molecular formula is C14H13NO3. The van der Waals surface area contributed by atoms with E-state index < -0.39 is 5.97 Å². The van der Waals surface area contributed by atoms with Crippen LogP contribution >= 0.6 is 0 Å². The monoisotopic (exact) mass is 243 g/mol. The molecule has 4 heteroatoms. The minimum atomic E-state index is -0.513. The molecule has 0 aliphatic carbocycles. The Hall–Kier alpha value is -2.23. The van der Waals surface area contributed by atoms with Gasteiger partial charge in [-0.1, -0.05) is 18.2 Å². The van der Waals surface area contributed by atoms with Crippen LogP contribution in [0.3, 0.4) is 0 Å². The summed E-state index contributed by atoms with van der Waals surface area (Å²) >= 11 is 0. The molecule has 1 heterocycles. The molecule has 0 aliphatic rings. The lowest BCUT2D eigenvalue weighted by Crippen LogP contribution is -2.11. The number of benzene rings is 1. The van der Waals surface area contributed by atoms with Crippen molar-refractivity contribution >= 4 is 22.7 Å². The Bertz CT molecular complexity index is 619. The molecular weight excluding hydrogens is 230 g/mol. The van der Waals surface area contributed by atoms with Crippen molar-refractivity contribution in [1.29, 1.82) is 0 Å². The van der Waals surface area contributed by atoms with Crippen LogP contribution in [0.5, 0.6) is 0 Å². The number of fused-ring (bicyclic) bond motifs is 1. The SMILES string of the molecule is CCOC(=O)c1cnc2ccccc2c1C(C)=O. The van der Waals surface area contributed by atoms with E-state index in [1.165, 1.54) is 13.1 Å². The van der Waals surface area contributed by atoms with Crippen molar-refractivity contribution in [1.82, 2.24) is 4.98 Å².